The zero-order valence-corrected chi connectivity index (χ0v) is 21.9. The molecule has 5 rings (SSSR count). The summed E-state index contributed by atoms with van der Waals surface area (Å²) in [6.45, 7) is 2.76. The van der Waals surface area contributed by atoms with Gasteiger partial charge in [0.05, 0.1) is 15.7 Å². The van der Waals surface area contributed by atoms with Gasteiger partial charge in [0.15, 0.2) is 5.13 Å². The number of hydrogen-bond donors (Lipinski definition) is 3. The highest BCUT2D eigenvalue weighted by atomic mass is 32.1. The molecule has 18 heteroatoms. The molecular formula is C24H20F6N6O5S. The smallest absolute Gasteiger partial charge is 0.475 e. The lowest BCUT2D eigenvalue weighted by Crippen LogP contribution is -2.49. The van der Waals surface area contributed by atoms with E-state index in [-0.39, 0.29) is 5.91 Å². The van der Waals surface area contributed by atoms with E-state index in [4.69, 9.17) is 25.5 Å². The van der Waals surface area contributed by atoms with Crippen molar-refractivity contribution in [1.29, 1.82) is 0 Å². The monoisotopic (exact) mass is 618 g/mol. The van der Waals surface area contributed by atoms with Crippen molar-refractivity contribution < 1.29 is 50.9 Å². The first-order valence-corrected chi connectivity index (χ1v) is 12.4. The number of carboxylic acid groups (broad SMARTS) is 2. The minimum atomic E-state index is -5.08. The van der Waals surface area contributed by atoms with Gasteiger partial charge in [-0.15, -0.1) is 0 Å². The maximum atomic E-state index is 12.9. The van der Waals surface area contributed by atoms with Crippen molar-refractivity contribution >= 4 is 61.3 Å². The predicted octanol–water partition coefficient (Wildman–Crippen LogP) is 4.05. The number of carbonyl (C=O) groups excluding carboxylic acids is 1. The Kier molecular flexibility index (Phi) is 9.71. The normalized spacial score (nSPS) is 13.6. The number of para-hydroxylation sites is 1. The fourth-order valence-corrected chi connectivity index (χ4v) is 4.34. The molecule has 3 heterocycles. The summed E-state index contributed by atoms with van der Waals surface area (Å²) >= 11 is 1.43. The fraction of sp³-hybridized carbons (Fsp3) is 0.250. The number of anilines is 2. The van der Waals surface area contributed by atoms with Crippen LogP contribution in [0.15, 0.2) is 48.8 Å². The number of alkyl halides is 6. The summed E-state index contributed by atoms with van der Waals surface area (Å²) in [6, 6.07) is 13.6. The molecule has 224 valence electrons. The Morgan fingerprint density at radius 2 is 1.40 bits per heavy atom. The summed E-state index contributed by atoms with van der Waals surface area (Å²) in [5, 5.41) is 15.8. The third-order valence-electron chi connectivity index (χ3n) is 5.52. The number of rotatable bonds is 2. The van der Waals surface area contributed by atoms with Gasteiger partial charge in [-0.2, -0.15) is 26.3 Å². The average Bonchev–Trinajstić information content (AvgIpc) is 3.31. The van der Waals surface area contributed by atoms with Crippen molar-refractivity contribution in [2.45, 2.75) is 12.4 Å². The Morgan fingerprint density at radius 1 is 0.833 bits per heavy atom. The molecular weight excluding hydrogens is 598 g/mol. The summed E-state index contributed by atoms with van der Waals surface area (Å²) in [7, 11) is 0. The van der Waals surface area contributed by atoms with Gasteiger partial charge in [-0.05, 0) is 30.3 Å². The van der Waals surface area contributed by atoms with Crippen LogP contribution in [0.5, 0.6) is 0 Å². The number of fused-ring (bicyclic) bond motifs is 2. The molecule has 0 spiro atoms. The molecule has 0 atom stereocenters. The number of carboxylic acids is 2. The molecule has 1 amide bonds. The molecule has 0 bridgehead atoms. The number of amides is 1. The topological polar surface area (TPSA) is 163 Å². The lowest BCUT2D eigenvalue weighted by atomic mass is 10.1. The number of carbonyl (C=O) groups is 3. The summed E-state index contributed by atoms with van der Waals surface area (Å²) < 4.78 is 64.5. The molecule has 0 radical (unpaired) electrons. The SMILES string of the molecule is Nc1nc2cc(C(=O)N3CCN(c4ncnc5ccccc45)CC3)ccc2s1.O=C(O)C(F)(F)F.O=C(O)C(F)(F)F. The van der Waals surface area contributed by atoms with E-state index in [9.17, 15) is 31.1 Å². The summed E-state index contributed by atoms with van der Waals surface area (Å²) in [4.78, 5) is 47.9. The summed E-state index contributed by atoms with van der Waals surface area (Å²) in [5.74, 6) is -4.56. The van der Waals surface area contributed by atoms with Gasteiger partial charge < -0.3 is 25.7 Å². The Balaban J connectivity index is 0.000000289. The van der Waals surface area contributed by atoms with Crippen LogP contribution in [0.2, 0.25) is 0 Å². The van der Waals surface area contributed by atoms with Crippen molar-refractivity contribution in [3.63, 3.8) is 0 Å². The third-order valence-corrected chi connectivity index (χ3v) is 6.39. The molecule has 4 N–H and O–H groups in total. The van der Waals surface area contributed by atoms with Gasteiger partial charge in [0.2, 0.25) is 0 Å². The Bertz CT molecular complexity index is 1560. The number of nitrogens with zero attached hydrogens (tertiary/aromatic N) is 5. The molecule has 0 aliphatic carbocycles. The number of nitrogen functional groups attached to an aromatic ring is 1. The van der Waals surface area contributed by atoms with E-state index >= 15 is 0 Å². The molecule has 4 aromatic rings. The molecule has 0 unspecified atom stereocenters. The van der Waals surface area contributed by atoms with Gasteiger partial charge in [-0.3, -0.25) is 4.79 Å². The van der Waals surface area contributed by atoms with Crippen molar-refractivity contribution in [3.8, 4) is 0 Å². The van der Waals surface area contributed by atoms with Crippen LogP contribution in [-0.4, -0.2) is 86.4 Å². The first-order valence-electron chi connectivity index (χ1n) is 11.6. The fourth-order valence-electron chi connectivity index (χ4n) is 3.62. The van der Waals surface area contributed by atoms with Crippen LogP contribution in [0, 0.1) is 0 Å². The number of benzene rings is 2. The lowest BCUT2D eigenvalue weighted by molar-refractivity contribution is -0.193. The number of aliphatic carboxylic acids is 2. The molecule has 0 saturated carbocycles. The van der Waals surface area contributed by atoms with E-state index < -0.39 is 24.3 Å². The largest absolute Gasteiger partial charge is 0.490 e. The molecule has 1 fully saturated rings. The maximum Gasteiger partial charge on any atom is 0.490 e. The van der Waals surface area contributed by atoms with Crippen molar-refractivity contribution in [3.05, 3.63) is 54.4 Å². The quantitative estimate of drug-likeness (QED) is 0.279. The number of nitrogens with two attached hydrogens (primary N) is 1. The summed E-state index contributed by atoms with van der Waals surface area (Å²) in [5.41, 5.74) is 8.13. The van der Waals surface area contributed by atoms with Gasteiger partial charge in [-0.25, -0.2) is 24.5 Å². The van der Waals surface area contributed by atoms with Gasteiger partial charge >= 0.3 is 24.3 Å². The first kappa shape index (κ1) is 31.8. The van der Waals surface area contributed by atoms with Crippen molar-refractivity contribution in [2.24, 2.45) is 0 Å². The standard InChI is InChI=1S/C20H18N6OS.2C2HF3O2/c21-20-24-16-11-13(5-6-17(16)28-20)19(27)26-9-7-25(8-10-26)18-14-3-1-2-4-15(14)22-12-23-18;2*3-2(4,5)1(6)7/h1-6,11-12H,7-10H2,(H2,21,24);2*(H,6,7). The van der Waals surface area contributed by atoms with Gasteiger partial charge in [0.25, 0.3) is 5.91 Å². The first-order chi connectivity index (χ1) is 19.6. The Labute approximate surface area is 235 Å². The molecule has 2 aromatic heterocycles. The number of piperazine rings is 1. The van der Waals surface area contributed by atoms with E-state index in [1.807, 2.05) is 47.4 Å². The number of thiazole rings is 1. The highest BCUT2D eigenvalue weighted by Crippen LogP contribution is 2.26. The molecule has 11 nitrogen and oxygen atoms in total. The number of aromatic nitrogens is 3. The second-order valence-corrected chi connectivity index (χ2v) is 9.40. The van der Waals surface area contributed by atoms with Gasteiger partial charge in [0.1, 0.15) is 12.1 Å². The van der Waals surface area contributed by atoms with Crippen LogP contribution in [0.1, 0.15) is 10.4 Å². The number of halogens is 6. The Morgan fingerprint density at radius 3 is 1.98 bits per heavy atom. The van der Waals surface area contributed by atoms with E-state index in [0.29, 0.717) is 23.8 Å². The second-order valence-electron chi connectivity index (χ2n) is 8.33. The molecule has 1 aliphatic rings. The highest BCUT2D eigenvalue weighted by molar-refractivity contribution is 7.22. The van der Waals surface area contributed by atoms with Crippen LogP contribution < -0.4 is 10.6 Å². The van der Waals surface area contributed by atoms with E-state index in [1.54, 1.807) is 6.33 Å². The molecule has 1 aliphatic heterocycles. The highest BCUT2D eigenvalue weighted by Gasteiger charge is 2.38. The summed E-state index contributed by atoms with van der Waals surface area (Å²) in [6.07, 6.45) is -8.57. The zero-order chi connectivity index (χ0) is 31.2. The van der Waals surface area contributed by atoms with Crippen LogP contribution in [0.4, 0.5) is 37.3 Å². The van der Waals surface area contributed by atoms with Crippen LogP contribution in [0.25, 0.3) is 21.1 Å². The molecule has 2 aromatic carbocycles. The minimum Gasteiger partial charge on any atom is -0.475 e. The second kappa shape index (κ2) is 12.8. The van der Waals surface area contributed by atoms with Gasteiger partial charge in [0, 0.05) is 37.1 Å². The third kappa shape index (κ3) is 8.15. The van der Waals surface area contributed by atoms with E-state index in [1.165, 1.54) is 11.3 Å². The lowest BCUT2D eigenvalue weighted by Gasteiger charge is -2.35. The molecule has 1 saturated heterocycles. The van der Waals surface area contributed by atoms with Crippen molar-refractivity contribution in [2.75, 3.05) is 36.8 Å². The minimum absolute atomic E-state index is 0.0284. The number of hydrogen-bond acceptors (Lipinski definition) is 9. The van der Waals surface area contributed by atoms with Crippen LogP contribution >= 0.6 is 11.3 Å². The average molecular weight is 619 g/mol. The van der Waals surface area contributed by atoms with Crippen LogP contribution in [0.3, 0.4) is 0 Å². The van der Waals surface area contributed by atoms with Gasteiger partial charge in [-0.1, -0.05) is 23.5 Å². The van der Waals surface area contributed by atoms with E-state index in [0.717, 1.165) is 40.0 Å². The van der Waals surface area contributed by atoms with E-state index in [2.05, 4.69) is 19.9 Å². The van der Waals surface area contributed by atoms with Crippen molar-refractivity contribution in [1.82, 2.24) is 19.9 Å². The Hall–Kier alpha value is -4.74. The molecule has 42 heavy (non-hydrogen) atoms. The zero-order valence-electron chi connectivity index (χ0n) is 21.1. The predicted molar refractivity (Wildman–Crippen MR) is 139 cm³/mol. The van der Waals surface area contributed by atoms with Crippen LogP contribution in [-0.2, 0) is 9.59 Å². The maximum absolute atomic E-state index is 12.9.